The molecule has 1 aromatic rings. The lowest BCUT2D eigenvalue weighted by atomic mass is 10.0. The first-order chi connectivity index (χ1) is 10.1. The van der Waals surface area contributed by atoms with Gasteiger partial charge in [-0.2, -0.15) is 0 Å². The molecule has 1 aliphatic rings. The molecule has 7 nitrogen and oxygen atoms in total. The normalized spacial score (nSPS) is 13.7. The maximum absolute atomic E-state index is 12.0. The zero-order valence-corrected chi connectivity index (χ0v) is 11.2. The van der Waals surface area contributed by atoms with Gasteiger partial charge in [0.2, 0.25) is 0 Å². The fraction of sp³-hybridized carbons (Fsp3) is 0.214. The van der Waals surface area contributed by atoms with Gasteiger partial charge in [-0.3, -0.25) is 9.69 Å². The zero-order chi connectivity index (χ0) is 15.4. The fourth-order valence-corrected chi connectivity index (χ4v) is 2.07. The fourth-order valence-electron chi connectivity index (χ4n) is 2.07. The molecule has 0 saturated heterocycles. The molecule has 0 unspecified atom stereocenters. The lowest BCUT2D eigenvalue weighted by molar-refractivity contribution is 0.0691. The van der Waals surface area contributed by atoms with Crippen LogP contribution in [0.3, 0.4) is 0 Å². The molecule has 0 atom stereocenters. The van der Waals surface area contributed by atoms with Crippen molar-refractivity contribution in [3.05, 3.63) is 42.0 Å². The van der Waals surface area contributed by atoms with Crippen molar-refractivity contribution >= 4 is 23.7 Å². The number of fused-ring (bicyclic) bond motifs is 1. The second kappa shape index (κ2) is 6.08. The number of carbonyl (C=O) groups is 3. The average Bonchev–Trinajstić information content (AvgIpc) is 2.64. The summed E-state index contributed by atoms with van der Waals surface area (Å²) in [5, 5.41) is 11.8. The van der Waals surface area contributed by atoms with Crippen molar-refractivity contribution < 1.29 is 24.2 Å². The van der Waals surface area contributed by atoms with Crippen LogP contribution in [-0.4, -0.2) is 42.8 Å². The van der Waals surface area contributed by atoms with Gasteiger partial charge in [-0.05, 0) is 12.1 Å². The predicted molar refractivity (Wildman–Crippen MR) is 74.6 cm³/mol. The third-order valence-corrected chi connectivity index (χ3v) is 2.96. The van der Waals surface area contributed by atoms with Crippen LogP contribution in [0, 0.1) is 0 Å². The monoisotopic (exact) mass is 290 g/mol. The third-order valence-electron chi connectivity index (χ3n) is 2.96. The summed E-state index contributed by atoms with van der Waals surface area (Å²) in [4.78, 5) is 36.6. The van der Waals surface area contributed by atoms with E-state index in [-0.39, 0.29) is 36.5 Å². The van der Waals surface area contributed by atoms with Crippen molar-refractivity contribution in [2.45, 2.75) is 0 Å². The molecular weight excluding hydrogens is 276 g/mol. The van der Waals surface area contributed by atoms with Gasteiger partial charge in [0.1, 0.15) is 6.61 Å². The van der Waals surface area contributed by atoms with E-state index in [1.54, 1.807) is 0 Å². The number of ether oxygens (including phenoxy) is 1. The van der Waals surface area contributed by atoms with Crippen LogP contribution in [0.2, 0.25) is 0 Å². The molecule has 0 fully saturated rings. The number of anilines is 1. The highest BCUT2D eigenvalue weighted by atomic mass is 16.6. The number of rotatable bonds is 3. The second-order valence-corrected chi connectivity index (χ2v) is 4.28. The Morgan fingerprint density at radius 2 is 2.24 bits per heavy atom. The average molecular weight is 290 g/mol. The Labute approximate surface area is 120 Å². The summed E-state index contributed by atoms with van der Waals surface area (Å²) >= 11 is 0. The highest BCUT2D eigenvalue weighted by molar-refractivity contribution is 6.11. The van der Waals surface area contributed by atoms with E-state index in [9.17, 15) is 19.5 Å². The number of nitrogens with zero attached hydrogens (tertiary/aromatic N) is 1. The first-order valence-corrected chi connectivity index (χ1v) is 6.26. The molecule has 0 spiro atoms. The van der Waals surface area contributed by atoms with Crippen LogP contribution in [0.4, 0.5) is 10.5 Å². The molecule has 2 N–H and O–H groups in total. The van der Waals surface area contributed by atoms with Crippen LogP contribution in [0.1, 0.15) is 20.7 Å². The molecule has 21 heavy (non-hydrogen) atoms. The molecule has 1 aliphatic heterocycles. The van der Waals surface area contributed by atoms with Crippen LogP contribution in [0.15, 0.2) is 30.9 Å². The van der Waals surface area contributed by atoms with Crippen LogP contribution in [0.5, 0.6) is 0 Å². The van der Waals surface area contributed by atoms with Gasteiger partial charge < -0.3 is 15.2 Å². The van der Waals surface area contributed by atoms with E-state index in [0.29, 0.717) is 0 Å². The first-order valence-electron chi connectivity index (χ1n) is 6.26. The number of hydrogen-bond donors (Lipinski definition) is 2. The van der Waals surface area contributed by atoms with Gasteiger partial charge >= 0.3 is 12.1 Å². The number of hydrogen-bond acceptors (Lipinski definition) is 4. The molecule has 2 amide bonds. The van der Waals surface area contributed by atoms with Crippen LogP contribution < -0.4 is 10.2 Å². The molecule has 7 heteroatoms. The summed E-state index contributed by atoms with van der Waals surface area (Å²) in [6.07, 6.45) is 0.767. The van der Waals surface area contributed by atoms with Crippen molar-refractivity contribution in [2.75, 3.05) is 24.6 Å². The Morgan fingerprint density at radius 3 is 2.90 bits per heavy atom. The Balaban J connectivity index is 2.49. The molecular formula is C14H14N2O5. The third kappa shape index (κ3) is 2.86. The number of carboxylic acid groups (broad SMARTS) is 1. The Hall–Kier alpha value is -2.83. The molecule has 0 radical (unpaired) electrons. The maximum atomic E-state index is 12.0. The molecule has 0 aliphatic carbocycles. The minimum absolute atomic E-state index is 0.0324. The van der Waals surface area contributed by atoms with Crippen LogP contribution in [0.25, 0.3) is 0 Å². The van der Waals surface area contributed by atoms with Gasteiger partial charge in [-0.25, -0.2) is 9.59 Å². The molecule has 2 rings (SSSR count). The minimum Gasteiger partial charge on any atom is -0.478 e. The van der Waals surface area contributed by atoms with Gasteiger partial charge in [0.05, 0.1) is 16.8 Å². The largest absolute Gasteiger partial charge is 0.478 e. The number of nitrogens with one attached hydrogen (secondary N) is 1. The lowest BCUT2D eigenvalue weighted by Gasteiger charge is -2.21. The molecule has 0 aromatic heterocycles. The number of benzene rings is 1. The van der Waals surface area contributed by atoms with E-state index < -0.39 is 18.0 Å². The van der Waals surface area contributed by atoms with Crippen LogP contribution >= 0.6 is 0 Å². The van der Waals surface area contributed by atoms with Gasteiger partial charge in [-0.1, -0.05) is 18.7 Å². The smallest absolute Gasteiger partial charge is 0.414 e. The van der Waals surface area contributed by atoms with Gasteiger partial charge in [0, 0.05) is 13.1 Å². The topological polar surface area (TPSA) is 95.9 Å². The standard InChI is InChI=1S/C14H14N2O5/c1-2-8-21-14(20)16-7-6-15-12(17)11-9(13(18)19)4-3-5-10(11)16/h2-5H,1,6-8H2,(H,15,17)(H,18,19). The molecule has 1 heterocycles. The Kier molecular flexibility index (Phi) is 4.22. The summed E-state index contributed by atoms with van der Waals surface area (Å²) in [6.45, 7) is 3.88. The van der Waals surface area contributed by atoms with Crippen molar-refractivity contribution in [2.24, 2.45) is 0 Å². The predicted octanol–water partition coefficient (Wildman–Crippen LogP) is 1.26. The Morgan fingerprint density at radius 1 is 1.48 bits per heavy atom. The van der Waals surface area contributed by atoms with E-state index >= 15 is 0 Å². The summed E-state index contributed by atoms with van der Waals surface area (Å²) in [6, 6.07) is 4.32. The summed E-state index contributed by atoms with van der Waals surface area (Å²) in [7, 11) is 0. The highest BCUT2D eigenvalue weighted by Crippen LogP contribution is 2.26. The summed E-state index contributed by atoms with van der Waals surface area (Å²) < 4.78 is 4.96. The van der Waals surface area contributed by atoms with Gasteiger partial charge in [-0.15, -0.1) is 0 Å². The minimum atomic E-state index is -1.23. The number of carbonyl (C=O) groups excluding carboxylic acids is 2. The second-order valence-electron chi connectivity index (χ2n) is 4.28. The maximum Gasteiger partial charge on any atom is 0.414 e. The number of amides is 2. The number of carboxylic acids is 1. The first kappa shape index (κ1) is 14.6. The van der Waals surface area contributed by atoms with Crippen molar-refractivity contribution in [1.29, 1.82) is 0 Å². The van der Waals surface area contributed by atoms with Crippen molar-refractivity contribution in [1.82, 2.24) is 5.32 Å². The molecule has 110 valence electrons. The van der Waals surface area contributed by atoms with Crippen molar-refractivity contribution in [3.63, 3.8) is 0 Å². The summed E-state index contributed by atoms with van der Waals surface area (Å²) in [5.41, 5.74) is 0.0189. The lowest BCUT2D eigenvalue weighted by Crippen LogP contribution is -2.35. The Bertz CT molecular complexity index is 611. The molecule has 0 saturated carbocycles. The van der Waals surface area contributed by atoms with Crippen LogP contribution in [-0.2, 0) is 4.74 Å². The van der Waals surface area contributed by atoms with Gasteiger partial charge in [0.25, 0.3) is 5.91 Å². The van der Waals surface area contributed by atoms with Crippen molar-refractivity contribution in [3.8, 4) is 0 Å². The van der Waals surface area contributed by atoms with E-state index in [1.165, 1.54) is 29.2 Å². The quantitative estimate of drug-likeness (QED) is 0.817. The summed E-state index contributed by atoms with van der Waals surface area (Å²) in [5.74, 6) is -1.76. The SMILES string of the molecule is C=CCOC(=O)N1CCNC(=O)c2c(C(=O)O)cccc21. The number of aromatic carboxylic acids is 1. The molecule has 1 aromatic carbocycles. The highest BCUT2D eigenvalue weighted by Gasteiger charge is 2.29. The van der Waals surface area contributed by atoms with E-state index in [1.807, 2.05) is 0 Å². The molecule has 0 bridgehead atoms. The van der Waals surface area contributed by atoms with E-state index in [2.05, 4.69) is 11.9 Å². The van der Waals surface area contributed by atoms with E-state index in [4.69, 9.17) is 4.74 Å². The van der Waals surface area contributed by atoms with Gasteiger partial charge in [0.15, 0.2) is 0 Å². The van der Waals surface area contributed by atoms with E-state index in [0.717, 1.165) is 0 Å². The zero-order valence-electron chi connectivity index (χ0n) is 11.2.